The normalized spacial score (nSPS) is 26.7. The Morgan fingerprint density at radius 3 is 1.91 bits per heavy atom. The van der Waals surface area contributed by atoms with Gasteiger partial charge in [-0.2, -0.15) is 0 Å². The number of hydrogen-bond acceptors (Lipinski definition) is 3. The van der Waals surface area contributed by atoms with Crippen LogP contribution in [0.25, 0.3) is 0 Å². The fraction of sp³-hybridized carbons (Fsp3) is 0.235. The number of benzene rings is 2. The number of nitrogens with two attached hydrogens (primary N) is 1. The second kappa shape index (κ2) is 5.21. The van der Waals surface area contributed by atoms with Gasteiger partial charge in [0.1, 0.15) is 6.54 Å². The number of amides is 1. The molecule has 2 aromatic carbocycles. The molecule has 1 saturated heterocycles. The number of hydroxylamine groups is 4. The minimum Gasteiger partial charge on any atom is -0.598 e. The SMILES string of the molecule is NC(=O)C1CC(c2ccccc2)(c2ccccc2)[N+]([O-])(O)C1. The van der Waals surface area contributed by atoms with E-state index in [4.69, 9.17) is 5.73 Å². The lowest BCUT2D eigenvalue weighted by atomic mass is 9.79. The molecule has 1 heterocycles. The maximum absolute atomic E-state index is 13.0. The van der Waals surface area contributed by atoms with Crippen LogP contribution in [0.4, 0.5) is 0 Å². The van der Waals surface area contributed by atoms with E-state index in [0.717, 1.165) is 0 Å². The van der Waals surface area contributed by atoms with E-state index in [9.17, 15) is 15.2 Å². The van der Waals surface area contributed by atoms with E-state index in [1.54, 1.807) is 24.3 Å². The van der Waals surface area contributed by atoms with E-state index >= 15 is 0 Å². The first kappa shape index (κ1) is 14.7. The van der Waals surface area contributed by atoms with Gasteiger partial charge < -0.3 is 10.9 Å². The van der Waals surface area contributed by atoms with Gasteiger partial charge in [0.15, 0.2) is 5.54 Å². The summed E-state index contributed by atoms with van der Waals surface area (Å²) in [7, 11) is 0. The Balaban J connectivity index is 2.23. The van der Waals surface area contributed by atoms with Crippen molar-refractivity contribution in [2.24, 2.45) is 11.7 Å². The highest BCUT2D eigenvalue weighted by atomic mass is 16.8. The van der Waals surface area contributed by atoms with Crippen molar-refractivity contribution < 1.29 is 14.8 Å². The molecule has 0 spiro atoms. The van der Waals surface area contributed by atoms with Gasteiger partial charge in [-0.05, 0) is 0 Å². The Morgan fingerprint density at radius 1 is 1.09 bits per heavy atom. The highest BCUT2D eigenvalue weighted by molar-refractivity contribution is 5.77. The molecule has 0 saturated carbocycles. The molecule has 5 nitrogen and oxygen atoms in total. The van der Waals surface area contributed by atoms with Crippen molar-refractivity contribution in [2.45, 2.75) is 12.0 Å². The molecule has 2 atom stereocenters. The molecular formula is C17H18N2O3. The third-order valence-corrected chi connectivity index (χ3v) is 4.51. The summed E-state index contributed by atoms with van der Waals surface area (Å²) in [5.41, 5.74) is 5.53. The first-order chi connectivity index (χ1) is 10.5. The second-order valence-corrected chi connectivity index (χ2v) is 5.78. The van der Waals surface area contributed by atoms with Gasteiger partial charge in [-0.1, -0.05) is 60.7 Å². The van der Waals surface area contributed by atoms with Crippen LogP contribution in [0.1, 0.15) is 17.5 Å². The van der Waals surface area contributed by atoms with Crippen LogP contribution in [0.3, 0.4) is 0 Å². The summed E-state index contributed by atoms with van der Waals surface area (Å²) in [6.07, 6.45) is 0.191. The van der Waals surface area contributed by atoms with Crippen LogP contribution >= 0.6 is 0 Å². The summed E-state index contributed by atoms with van der Waals surface area (Å²) >= 11 is 0. The number of hydrogen-bond donors (Lipinski definition) is 2. The van der Waals surface area contributed by atoms with Crippen LogP contribution in [0, 0.1) is 11.1 Å². The molecule has 0 aliphatic carbocycles. The van der Waals surface area contributed by atoms with Gasteiger partial charge in [-0.3, -0.25) is 4.79 Å². The Morgan fingerprint density at radius 2 is 1.55 bits per heavy atom. The zero-order valence-electron chi connectivity index (χ0n) is 12.1. The van der Waals surface area contributed by atoms with Crippen LogP contribution in [0.15, 0.2) is 60.7 Å². The van der Waals surface area contributed by atoms with E-state index < -0.39 is 22.2 Å². The summed E-state index contributed by atoms with van der Waals surface area (Å²) < 4.78 is 0. The highest BCUT2D eigenvalue weighted by Gasteiger charge is 2.58. The minimum absolute atomic E-state index is 0.191. The lowest BCUT2D eigenvalue weighted by Gasteiger charge is -2.45. The topological polar surface area (TPSA) is 86.4 Å². The van der Waals surface area contributed by atoms with Crippen molar-refractivity contribution in [1.82, 2.24) is 0 Å². The van der Waals surface area contributed by atoms with Crippen LogP contribution in [0.5, 0.6) is 0 Å². The summed E-state index contributed by atoms with van der Waals surface area (Å²) in [4.78, 5) is 10.1. The molecule has 2 aromatic rings. The first-order valence-corrected chi connectivity index (χ1v) is 7.20. The minimum atomic E-state index is -1.52. The van der Waals surface area contributed by atoms with Crippen LogP contribution in [-0.2, 0) is 10.3 Å². The molecule has 0 bridgehead atoms. The van der Waals surface area contributed by atoms with Gasteiger partial charge in [-0.15, -0.1) is 0 Å². The zero-order chi connectivity index (χ0) is 15.8. The Labute approximate surface area is 128 Å². The summed E-state index contributed by atoms with van der Waals surface area (Å²) in [6, 6.07) is 18.2. The molecular weight excluding hydrogens is 280 g/mol. The van der Waals surface area contributed by atoms with Crippen molar-refractivity contribution in [1.29, 1.82) is 0 Å². The van der Waals surface area contributed by atoms with Gasteiger partial charge in [0.25, 0.3) is 0 Å². The molecule has 3 N–H and O–H groups in total. The summed E-state index contributed by atoms with van der Waals surface area (Å²) in [5.74, 6) is -1.22. The van der Waals surface area contributed by atoms with Gasteiger partial charge in [-0.25, -0.2) is 10.0 Å². The monoisotopic (exact) mass is 298 g/mol. The van der Waals surface area contributed by atoms with Crippen LogP contribution < -0.4 is 5.73 Å². The van der Waals surface area contributed by atoms with Gasteiger partial charge in [0.2, 0.25) is 5.91 Å². The zero-order valence-corrected chi connectivity index (χ0v) is 12.1. The van der Waals surface area contributed by atoms with E-state index in [1.165, 1.54) is 0 Å². The Kier molecular flexibility index (Phi) is 3.48. The van der Waals surface area contributed by atoms with E-state index in [0.29, 0.717) is 11.1 Å². The number of quaternary nitrogens is 1. The summed E-state index contributed by atoms with van der Waals surface area (Å²) in [6.45, 7) is -0.237. The largest absolute Gasteiger partial charge is 0.598 e. The number of carbonyl (C=O) groups is 1. The fourth-order valence-corrected chi connectivity index (χ4v) is 3.44. The van der Waals surface area contributed by atoms with Crippen molar-refractivity contribution in [3.8, 4) is 0 Å². The molecule has 1 aliphatic heterocycles. The predicted molar refractivity (Wildman–Crippen MR) is 81.2 cm³/mol. The highest BCUT2D eigenvalue weighted by Crippen LogP contribution is 2.50. The van der Waals surface area contributed by atoms with E-state index in [1.807, 2.05) is 36.4 Å². The maximum atomic E-state index is 13.0. The molecule has 3 rings (SSSR count). The lowest BCUT2D eigenvalue weighted by molar-refractivity contribution is -1.09. The number of rotatable bonds is 3. The second-order valence-electron chi connectivity index (χ2n) is 5.78. The molecule has 1 aliphatic rings. The molecule has 2 unspecified atom stereocenters. The molecule has 114 valence electrons. The molecule has 0 radical (unpaired) electrons. The fourth-order valence-electron chi connectivity index (χ4n) is 3.44. The smallest absolute Gasteiger partial charge is 0.226 e. The maximum Gasteiger partial charge on any atom is 0.226 e. The molecule has 0 aromatic heterocycles. The Bertz CT molecular complexity index is 631. The van der Waals surface area contributed by atoms with Crippen molar-refractivity contribution in [3.05, 3.63) is 77.0 Å². The van der Waals surface area contributed by atoms with Crippen LogP contribution in [0.2, 0.25) is 0 Å². The third-order valence-electron chi connectivity index (χ3n) is 4.51. The average Bonchev–Trinajstić information content (AvgIpc) is 2.82. The van der Waals surface area contributed by atoms with Gasteiger partial charge >= 0.3 is 0 Å². The first-order valence-electron chi connectivity index (χ1n) is 7.20. The summed E-state index contributed by atoms with van der Waals surface area (Å²) in [5, 5.41) is 23.6. The van der Waals surface area contributed by atoms with Crippen LogP contribution in [-0.4, -0.2) is 22.5 Å². The van der Waals surface area contributed by atoms with E-state index in [-0.39, 0.29) is 13.0 Å². The molecule has 22 heavy (non-hydrogen) atoms. The molecule has 1 fully saturated rings. The number of primary amides is 1. The van der Waals surface area contributed by atoms with Crippen molar-refractivity contribution >= 4 is 5.91 Å². The quantitative estimate of drug-likeness (QED) is 0.672. The molecule has 5 heteroatoms. The van der Waals surface area contributed by atoms with Gasteiger partial charge in [0.05, 0.1) is 5.92 Å². The predicted octanol–water partition coefficient (Wildman–Crippen LogP) is 2.14. The third kappa shape index (κ3) is 2.11. The Hall–Kier alpha value is -2.21. The number of nitrogens with zero attached hydrogens (tertiary/aromatic N) is 1. The number of carbonyl (C=O) groups excluding carboxylic acids is 1. The standard InChI is InChI=1S/C17H18N2O3/c18-16(20)13-11-17(19(21,22)12-13,14-7-3-1-4-8-14)15-9-5-2-6-10-15/h1-10,13,21H,11-12H2,(H2,18,20). The molecule has 1 amide bonds. The van der Waals surface area contributed by atoms with Crippen molar-refractivity contribution in [2.75, 3.05) is 6.54 Å². The van der Waals surface area contributed by atoms with Gasteiger partial charge in [0, 0.05) is 17.5 Å². The van der Waals surface area contributed by atoms with E-state index in [2.05, 4.69) is 0 Å². The average molecular weight is 298 g/mol. The van der Waals surface area contributed by atoms with Crippen molar-refractivity contribution in [3.63, 3.8) is 0 Å². The lowest BCUT2D eigenvalue weighted by Crippen LogP contribution is -2.52.